The van der Waals surface area contributed by atoms with Gasteiger partial charge in [-0.1, -0.05) is 12.1 Å². The molecule has 1 aromatic rings. The van der Waals surface area contributed by atoms with Gasteiger partial charge in [-0.3, -0.25) is 4.90 Å². The number of piperidine rings is 1. The zero-order valence-corrected chi connectivity index (χ0v) is 10.5. The molecule has 2 heterocycles. The average molecular weight is 239 g/mol. The molecular weight excluding hydrogens is 222 g/mol. The molecule has 0 spiro atoms. The van der Waals surface area contributed by atoms with Crippen molar-refractivity contribution in [2.24, 2.45) is 11.1 Å². The third-order valence-electron chi connectivity index (χ3n) is 2.97. The number of oxime groups is 1. The van der Waals surface area contributed by atoms with Gasteiger partial charge in [-0.15, -0.1) is 11.3 Å². The number of aromatic nitrogens is 1. The molecule has 1 unspecified atom stereocenters. The summed E-state index contributed by atoms with van der Waals surface area (Å²) >= 11 is 1.70. The number of likely N-dealkylation sites (tertiary alicyclic amines) is 1. The first-order valence-corrected chi connectivity index (χ1v) is 6.41. The molecule has 0 aromatic carbocycles. The van der Waals surface area contributed by atoms with Gasteiger partial charge in [0.05, 0.1) is 16.4 Å². The minimum atomic E-state index is 0.346. The van der Waals surface area contributed by atoms with Gasteiger partial charge in [0, 0.05) is 37.4 Å². The smallest absolute Gasteiger partial charge is 0.0897 e. The monoisotopic (exact) mass is 239 g/mol. The zero-order valence-electron chi connectivity index (χ0n) is 9.68. The van der Waals surface area contributed by atoms with Crippen molar-refractivity contribution in [3.05, 3.63) is 16.1 Å². The molecule has 1 N–H and O–H groups in total. The molecule has 88 valence electrons. The number of nitrogens with zero attached hydrogens (tertiary/aromatic N) is 3. The Hall–Kier alpha value is -0.940. The molecule has 1 aromatic heterocycles. The summed E-state index contributed by atoms with van der Waals surface area (Å²) in [6, 6.07) is 0. The van der Waals surface area contributed by atoms with Crippen molar-refractivity contribution in [1.29, 1.82) is 0 Å². The predicted octanol–water partition coefficient (Wildman–Crippen LogP) is 2.12. The van der Waals surface area contributed by atoms with Crippen LogP contribution < -0.4 is 0 Å². The minimum absolute atomic E-state index is 0.346. The van der Waals surface area contributed by atoms with Crippen LogP contribution in [0.4, 0.5) is 0 Å². The van der Waals surface area contributed by atoms with Crippen molar-refractivity contribution in [3.63, 3.8) is 0 Å². The standard InChI is InChI=1S/C11H17N3OS/c1-8-5-14(4-3-11(8)13-15)6-10-7-16-9(2)12-10/h7-8,15H,3-6H2,1-2H3. The minimum Gasteiger partial charge on any atom is -0.411 e. The fraction of sp³-hybridized carbons (Fsp3) is 0.636. The lowest BCUT2D eigenvalue weighted by atomic mass is 9.97. The maximum atomic E-state index is 8.80. The van der Waals surface area contributed by atoms with Crippen LogP contribution in [0, 0.1) is 12.8 Å². The highest BCUT2D eigenvalue weighted by molar-refractivity contribution is 7.09. The summed E-state index contributed by atoms with van der Waals surface area (Å²) in [5.74, 6) is 0.346. The molecular formula is C11H17N3OS. The Morgan fingerprint density at radius 1 is 1.69 bits per heavy atom. The lowest BCUT2D eigenvalue weighted by Crippen LogP contribution is -2.39. The number of rotatable bonds is 2. The quantitative estimate of drug-likeness (QED) is 0.635. The molecule has 1 saturated heterocycles. The van der Waals surface area contributed by atoms with Crippen molar-refractivity contribution in [2.45, 2.75) is 26.8 Å². The van der Waals surface area contributed by atoms with Crippen LogP contribution in [0.5, 0.6) is 0 Å². The maximum Gasteiger partial charge on any atom is 0.0897 e. The van der Waals surface area contributed by atoms with Gasteiger partial charge in [-0.25, -0.2) is 4.98 Å². The van der Waals surface area contributed by atoms with Crippen LogP contribution in [0.25, 0.3) is 0 Å². The summed E-state index contributed by atoms with van der Waals surface area (Å²) in [6.45, 7) is 6.96. The predicted molar refractivity (Wildman–Crippen MR) is 65.1 cm³/mol. The number of hydrogen-bond acceptors (Lipinski definition) is 5. The van der Waals surface area contributed by atoms with E-state index in [4.69, 9.17) is 5.21 Å². The summed E-state index contributed by atoms with van der Waals surface area (Å²) < 4.78 is 0. The number of thiazole rings is 1. The highest BCUT2D eigenvalue weighted by atomic mass is 32.1. The lowest BCUT2D eigenvalue weighted by molar-refractivity contribution is 0.226. The van der Waals surface area contributed by atoms with Gasteiger partial charge in [0.25, 0.3) is 0 Å². The van der Waals surface area contributed by atoms with Gasteiger partial charge in [-0.2, -0.15) is 0 Å². The first-order chi connectivity index (χ1) is 7.69. The van der Waals surface area contributed by atoms with E-state index >= 15 is 0 Å². The molecule has 0 bridgehead atoms. The summed E-state index contributed by atoms with van der Waals surface area (Å²) in [5, 5.41) is 15.4. The van der Waals surface area contributed by atoms with E-state index in [1.54, 1.807) is 11.3 Å². The van der Waals surface area contributed by atoms with Gasteiger partial charge in [-0.05, 0) is 6.92 Å². The number of aryl methyl sites for hydroxylation is 1. The van der Waals surface area contributed by atoms with E-state index in [1.807, 2.05) is 6.92 Å². The van der Waals surface area contributed by atoms with Gasteiger partial charge in [0.2, 0.25) is 0 Å². The van der Waals surface area contributed by atoms with E-state index in [-0.39, 0.29) is 0 Å². The van der Waals surface area contributed by atoms with E-state index in [2.05, 4.69) is 27.3 Å². The highest BCUT2D eigenvalue weighted by Crippen LogP contribution is 2.17. The molecule has 5 heteroatoms. The van der Waals surface area contributed by atoms with Crippen LogP contribution in [0.15, 0.2) is 10.5 Å². The first-order valence-electron chi connectivity index (χ1n) is 5.53. The Bertz CT molecular complexity index is 388. The van der Waals surface area contributed by atoms with Crippen LogP contribution in [0.1, 0.15) is 24.0 Å². The second-order valence-electron chi connectivity index (χ2n) is 4.34. The van der Waals surface area contributed by atoms with Crippen molar-refractivity contribution < 1.29 is 5.21 Å². The zero-order chi connectivity index (χ0) is 11.5. The molecule has 1 atom stereocenters. The SMILES string of the molecule is Cc1nc(CN2CCC(=NO)C(C)C2)cs1. The van der Waals surface area contributed by atoms with Crippen molar-refractivity contribution in [2.75, 3.05) is 13.1 Å². The van der Waals surface area contributed by atoms with E-state index in [0.29, 0.717) is 5.92 Å². The first kappa shape index (κ1) is 11.5. The van der Waals surface area contributed by atoms with E-state index in [0.717, 1.165) is 42.5 Å². The molecule has 4 nitrogen and oxygen atoms in total. The van der Waals surface area contributed by atoms with Crippen LogP contribution in [-0.2, 0) is 6.54 Å². The van der Waals surface area contributed by atoms with E-state index in [1.165, 1.54) is 0 Å². The fourth-order valence-corrected chi connectivity index (χ4v) is 2.71. The molecule has 1 fully saturated rings. The van der Waals surface area contributed by atoms with Crippen molar-refractivity contribution >= 4 is 17.0 Å². The summed E-state index contributed by atoms with van der Waals surface area (Å²) in [6.07, 6.45) is 0.862. The third kappa shape index (κ3) is 2.59. The van der Waals surface area contributed by atoms with Crippen LogP contribution in [-0.4, -0.2) is 33.9 Å². The summed E-state index contributed by atoms with van der Waals surface area (Å²) in [4.78, 5) is 6.84. The van der Waals surface area contributed by atoms with Gasteiger partial charge >= 0.3 is 0 Å². The molecule has 0 radical (unpaired) electrons. The second kappa shape index (κ2) is 4.93. The van der Waals surface area contributed by atoms with Gasteiger partial charge in [0.1, 0.15) is 0 Å². The molecule has 1 aliphatic heterocycles. The van der Waals surface area contributed by atoms with E-state index in [9.17, 15) is 0 Å². The summed E-state index contributed by atoms with van der Waals surface area (Å²) in [5.41, 5.74) is 2.07. The lowest BCUT2D eigenvalue weighted by Gasteiger charge is -2.30. The van der Waals surface area contributed by atoms with Crippen molar-refractivity contribution in [1.82, 2.24) is 9.88 Å². The highest BCUT2D eigenvalue weighted by Gasteiger charge is 2.22. The normalized spacial score (nSPS) is 25.1. The largest absolute Gasteiger partial charge is 0.411 e. The van der Waals surface area contributed by atoms with Crippen molar-refractivity contribution in [3.8, 4) is 0 Å². The fourth-order valence-electron chi connectivity index (χ4n) is 2.11. The topological polar surface area (TPSA) is 48.7 Å². The van der Waals surface area contributed by atoms with Crippen LogP contribution in [0.3, 0.4) is 0 Å². The molecule has 0 aliphatic carbocycles. The molecule has 0 amide bonds. The Morgan fingerprint density at radius 2 is 2.50 bits per heavy atom. The Kier molecular flexibility index (Phi) is 3.56. The average Bonchev–Trinajstić information content (AvgIpc) is 2.64. The Balaban J connectivity index is 1.93. The maximum absolute atomic E-state index is 8.80. The summed E-state index contributed by atoms with van der Waals surface area (Å²) in [7, 11) is 0. The molecule has 1 aliphatic rings. The second-order valence-corrected chi connectivity index (χ2v) is 5.40. The van der Waals surface area contributed by atoms with Crippen LogP contribution >= 0.6 is 11.3 Å². The van der Waals surface area contributed by atoms with Gasteiger partial charge < -0.3 is 5.21 Å². The Morgan fingerprint density at radius 3 is 3.06 bits per heavy atom. The number of hydrogen-bond donors (Lipinski definition) is 1. The molecule has 2 rings (SSSR count). The molecule has 0 saturated carbocycles. The van der Waals surface area contributed by atoms with Crippen LogP contribution in [0.2, 0.25) is 0 Å². The third-order valence-corrected chi connectivity index (χ3v) is 3.79. The molecule has 16 heavy (non-hydrogen) atoms. The van der Waals surface area contributed by atoms with Gasteiger partial charge in [0.15, 0.2) is 0 Å². The Labute approximate surface area is 99.6 Å². The van der Waals surface area contributed by atoms with E-state index < -0.39 is 0 Å².